The lowest BCUT2D eigenvalue weighted by atomic mass is 9.98. The number of carbonyl (C=O) groups is 1. The van der Waals surface area contributed by atoms with Crippen molar-refractivity contribution in [2.24, 2.45) is 16.3 Å². The van der Waals surface area contributed by atoms with Gasteiger partial charge in [0.2, 0.25) is 0 Å². The van der Waals surface area contributed by atoms with Crippen LogP contribution in [-0.2, 0) is 9.63 Å². The molecular formula is C8H16N2O2. The maximum atomic E-state index is 11.1. The lowest BCUT2D eigenvalue weighted by Crippen LogP contribution is -2.22. The minimum absolute atomic E-state index is 0.303. The first-order chi connectivity index (χ1) is 5.38. The van der Waals surface area contributed by atoms with Gasteiger partial charge < -0.3 is 10.6 Å². The predicted molar refractivity (Wildman–Crippen MR) is 47.7 cm³/mol. The van der Waals surface area contributed by atoms with Crippen LogP contribution in [0.3, 0.4) is 0 Å². The molecule has 0 aromatic rings. The number of hydrogen-bond acceptors (Lipinski definition) is 4. The Kier molecular flexibility index (Phi) is 3.89. The van der Waals surface area contributed by atoms with Crippen LogP contribution in [0, 0.1) is 5.41 Å². The van der Waals surface area contributed by atoms with Gasteiger partial charge in [0.25, 0.3) is 0 Å². The minimum atomic E-state index is -0.515. The molecule has 0 spiro atoms. The molecule has 0 rings (SSSR count). The molecule has 0 saturated heterocycles. The van der Waals surface area contributed by atoms with Crippen molar-refractivity contribution in [1.82, 2.24) is 0 Å². The van der Waals surface area contributed by atoms with Crippen LogP contribution in [-0.4, -0.2) is 18.2 Å². The van der Waals surface area contributed by atoms with Crippen LogP contribution in [0.5, 0.6) is 0 Å². The average Bonchev–Trinajstić information content (AvgIpc) is 1.97. The number of nitrogens with zero attached hydrogens (tertiary/aromatic N) is 1. The normalized spacial score (nSPS) is 12.9. The first-order valence-corrected chi connectivity index (χ1v) is 3.83. The van der Waals surface area contributed by atoms with Gasteiger partial charge in [-0.2, -0.15) is 0 Å². The Morgan fingerprint density at radius 3 is 2.33 bits per heavy atom. The van der Waals surface area contributed by atoms with E-state index in [4.69, 9.17) is 5.73 Å². The molecule has 0 heterocycles. The molecule has 0 bridgehead atoms. The topological polar surface area (TPSA) is 64.7 Å². The molecule has 0 aliphatic carbocycles. The molecule has 0 aromatic carbocycles. The molecule has 0 radical (unpaired) electrons. The molecular weight excluding hydrogens is 156 g/mol. The van der Waals surface area contributed by atoms with E-state index in [-0.39, 0.29) is 5.97 Å². The first-order valence-electron chi connectivity index (χ1n) is 3.83. The highest BCUT2D eigenvalue weighted by Crippen LogP contribution is 2.14. The highest BCUT2D eigenvalue weighted by Gasteiger charge is 2.23. The summed E-state index contributed by atoms with van der Waals surface area (Å²) in [5.41, 5.74) is 5.33. The number of hydrogen-bond donors (Lipinski definition) is 1. The average molecular weight is 172 g/mol. The highest BCUT2D eigenvalue weighted by atomic mass is 16.7. The van der Waals surface area contributed by atoms with E-state index in [2.05, 4.69) is 9.99 Å². The Balaban J connectivity index is 4.04. The fourth-order valence-electron chi connectivity index (χ4n) is 0.294. The highest BCUT2D eigenvalue weighted by molar-refractivity contribution is 5.84. The summed E-state index contributed by atoms with van der Waals surface area (Å²) in [6, 6.07) is 0. The van der Waals surface area contributed by atoms with Crippen LogP contribution in [0.2, 0.25) is 0 Å². The molecule has 0 unspecified atom stereocenters. The van der Waals surface area contributed by atoms with Crippen molar-refractivity contribution in [3.05, 3.63) is 0 Å². The van der Waals surface area contributed by atoms with Crippen molar-refractivity contribution in [1.29, 1.82) is 0 Å². The van der Waals surface area contributed by atoms with E-state index in [1.807, 2.05) is 0 Å². The quantitative estimate of drug-likeness (QED) is 0.382. The number of rotatable bonds is 2. The summed E-state index contributed by atoms with van der Waals surface area (Å²) in [6.07, 6.45) is 0. The maximum Gasteiger partial charge on any atom is 0.340 e. The second-order valence-corrected chi connectivity index (χ2v) is 3.66. The largest absolute Gasteiger partial charge is 0.340 e. The molecule has 0 fully saturated rings. The van der Waals surface area contributed by atoms with Gasteiger partial charge in [-0.25, -0.2) is 4.79 Å². The fraction of sp³-hybridized carbons (Fsp3) is 0.750. The Morgan fingerprint density at radius 2 is 2.00 bits per heavy atom. The zero-order chi connectivity index (χ0) is 9.78. The summed E-state index contributed by atoms with van der Waals surface area (Å²) in [7, 11) is 0. The van der Waals surface area contributed by atoms with Crippen molar-refractivity contribution in [2.75, 3.05) is 6.54 Å². The van der Waals surface area contributed by atoms with Gasteiger partial charge in [-0.15, -0.1) is 0 Å². The molecule has 0 atom stereocenters. The third-order valence-electron chi connectivity index (χ3n) is 1.19. The standard InChI is InChI=1S/C8H16N2O2/c1-6(5-9)10-12-7(11)8(2,3)4/h5,9H2,1-4H3. The van der Waals surface area contributed by atoms with Crippen LogP contribution >= 0.6 is 0 Å². The minimum Gasteiger partial charge on any atom is -0.325 e. The second-order valence-electron chi connectivity index (χ2n) is 3.66. The zero-order valence-corrected chi connectivity index (χ0v) is 8.05. The lowest BCUT2D eigenvalue weighted by molar-refractivity contribution is -0.152. The molecule has 2 N–H and O–H groups in total. The summed E-state index contributed by atoms with van der Waals surface area (Å²) in [5.74, 6) is -0.352. The van der Waals surface area contributed by atoms with Gasteiger partial charge in [-0.3, -0.25) is 0 Å². The van der Waals surface area contributed by atoms with E-state index >= 15 is 0 Å². The third kappa shape index (κ3) is 4.08. The summed E-state index contributed by atoms with van der Waals surface area (Å²) in [5, 5.41) is 3.55. The van der Waals surface area contributed by atoms with Crippen LogP contribution in [0.4, 0.5) is 0 Å². The number of carbonyl (C=O) groups excluding carboxylic acids is 1. The molecule has 0 amide bonds. The van der Waals surface area contributed by atoms with Crippen LogP contribution in [0.15, 0.2) is 5.16 Å². The second kappa shape index (κ2) is 4.21. The van der Waals surface area contributed by atoms with Crippen LogP contribution < -0.4 is 5.73 Å². The number of nitrogens with two attached hydrogens (primary N) is 1. The summed E-state index contributed by atoms with van der Waals surface area (Å²) in [4.78, 5) is 15.7. The van der Waals surface area contributed by atoms with E-state index < -0.39 is 5.41 Å². The van der Waals surface area contributed by atoms with Gasteiger partial charge >= 0.3 is 5.97 Å². The Labute approximate surface area is 72.8 Å². The SMILES string of the molecule is CC(CN)=NOC(=O)C(C)(C)C. The van der Waals surface area contributed by atoms with E-state index in [9.17, 15) is 4.79 Å². The summed E-state index contributed by atoms with van der Waals surface area (Å²) in [6.45, 7) is 7.31. The fourth-order valence-corrected chi connectivity index (χ4v) is 0.294. The van der Waals surface area contributed by atoms with Crippen molar-refractivity contribution < 1.29 is 9.63 Å². The number of oxime groups is 1. The van der Waals surface area contributed by atoms with Crippen molar-refractivity contribution in [3.8, 4) is 0 Å². The third-order valence-corrected chi connectivity index (χ3v) is 1.19. The molecule has 12 heavy (non-hydrogen) atoms. The van der Waals surface area contributed by atoms with Crippen LogP contribution in [0.25, 0.3) is 0 Å². The van der Waals surface area contributed by atoms with E-state index in [0.717, 1.165) is 0 Å². The monoisotopic (exact) mass is 172 g/mol. The van der Waals surface area contributed by atoms with Gasteiger partial charge in [0.1, 0.15) is 0 Å². The molecule has 0 aliphatic heterocycles. The van der Waals surface area contributed by atoms with Gasteiger partial charge in [0.05, 0.1) is 11.1 Å². The van der Waals surface area contributed by atoms with E-state index in [1.165, 1.54) is 0 Å². The van der Waals surface area contributed by atoms with E-state index in [0.29, 0.717) is 12.3 Å². The molecule has 4 nitrogen and oxygen atoms in total. The predicted octanol–water partition coefficient (Wildman–Crippen LogP) is 0.910. The smallest absolute Gasteiger partial charge is 0.325 e. The Bertz CT molecular complexity index is 192. The first kappa shape index (κ1) is 11.1. The molecule has 70 valence electrons. The Hall–Kier alpha value is -0.900. The maximum absolute atomic E-state index is 11.1. The molecule has 0 aromatic heterocycles. The van der Waals surface area contributed by atoms with Gasteiger partial charge in [-0.1, -0.05) is 5.16 Å². The molecule has 0 saturated carbocycles. The summed E-state index contributed by atoms with van der Waals surface area (Å²) < 4.78 is 0. The molecule has 4 heteroatoms. The lowest BCUT2D eigenvalue weighted by Gasteiger charge is -2.12. The van der Waals surface area contributed by atoms with Gasteiger partial charge in [-0.05, 0) is 27.7 Å². The van der Waals surface area contributed by atoms with Crippen LogP contribution in [0.1, 0.15) is 27.7 Å². The van der Waals surface area contributed by atoms with Crippen molar-refractivity contribution >= 4 is 11.7 Å². The summed E-state index contributed by atoms with van der Waals surface area (Å²) >= 11 is 0. The zero-order valence-electron chi connectivity index (χ0n) is 8.05. The van der Waals surface area contributed by atoms with Crippen molar-refractivity contribution in [3.63, 3.8) is 0 Å². The van der Waals surface area contributed by atoms with Gasteiger partial charge in [0, 0.05) is 6.54 Å². The Morgan fingerprint density at radius 1 is 1.50 bits per heavy atom. The molecule has 0 aliphatic rings. The van der Waals surface area contributed by atoms with Crippen molar-refractivity contribution in [2.45, 2.75) is 27.7 Å². The van der Waals surface area contributed by atoms with E-state index in [1.54, 1.807) is 27.7 Å². The van der Waals surface area contributed by atoms with Gasteiger partial charge in [0.15, 0.2) is 0 Å².